The van der Waals surface area contributed by atoms with Crippen molar-refractivity contribution in [1.29, 1.82) is 0 Å². The van der Waals surface area contributed by atoms with Crippen LogP contribution in [0.1, 0.15) is 6.92 Å². The SMILES string of the molecule is CC1C(=O)NCCN1C(=O)Nc1ccc(N)cc1. The first-order chi connectivity index (χ1) is 8.58. The number of nitrogens with zero attached hydrogens (tertiary/aromatic N) is 1. The van der Waals surface area contributed by atoms with Gasteiger partial charge in [0.25, 0.3) is 0 Å². The van der Waals surface area contributed by atoms with Crippen molar-refractivity contribution >= 4 is 23.3 Å². The van der Waals surface area contributed by atoms with E-state index in [2.05, 4.69) is 10.6 Å². The van der Waals surface area contributed by atoms with Crippen LogP contribution in [0, 0.1) is 0 Å². The average Bonchev–Trinajstić information content (AvgIpc) is 2.35. The van der Waals surface area contributed by atoms with Gasteiger partial charge in [-0.15, -0.1) is 0 Å². The fourth-order valence-electron chi connectivity index (χ4n) is 1.82. The van der Waals surface area contributed by atoms with E-state index in [4.69, 9.17) is 5.73 Å². The van der Waals surface area contributed by atoms with Crippen LogP contribution in [0.3, 0.4) is 0 Å². The quantitative estimate of drug-likeness (QED) is 0.637. The lowest BCUT2D eigenvalue weighted by atomic mass is 10.2. The third-order valence-electron chi connectivity index (χ3n) is 2.92. The molecule has 96 valence electrons. The first kappa shape index (κ1) is 12.2. The summed E-state index contributed by atoms with van der Waals surface area (Å²) >= 11 is 0. The Bertz CT molecular complexity index is 458. The monoisotopic (exact) mass is 248 g/mol. The molecule has 0 saturated carbocycles. The second-order valence-electron chi connectivity index (χ2n) is 4.21. The van der Waals surface area contributed by atoms with Gasteiger partial charge in [-0.2, -0.15) is 0 Å². The van der Waals surface area contributed by atoms with Gasteiger partial charge in [0, 0.05) is 24.5 Å². The summed E-state index contributed by atoms with van der Waals surface area (Å²) in [5, 5.41) is 5.45. The van der Waals surface area contributed by atoms with E-state index in [1.54, 1.807) is 31.2 Å². The van der Waals surface area contributed by atoms with Crippen molar-refractivity contribution in [3.8, 4) is 0 Å². The van der Waals surface area contributed by atoms with Crippen LogP contribution in [-0.4, -0.2) is 36.0 Å². The van der Waals surface area contributed by atoms with Crippen molar-refractivity contribution in [3.63, 3.8) is 0 Å². The lowest BCUT2D eigenvalue weighted by molar-refractivity contribution is -0.126. The van der Waals surface area contributed by atoms with Crippen molar-refractivity contribution in [2.75, 3.05) is 24.1 Å². The summed E-state index contributed by atoms with van der Waals surface area (Å²) < 4.78 is 0. The van der Waals surface area contributed by atoms with E-state index in [0.717, 1.165) is 0 Å². The zero-order valence-electron chi connectivity index (χ0n) is 10.1. The Morgan fingerprint density at radius 1 is 1.44 bits per heavy atom. The summed E-state index contributed by atoms with van der Waals surface area (Å²) in [6, 6.07) is 6.14. The molecule has 3 amide bonds. The Labute approximate surface area is 105 Å². The molecule has 1 saturated heterocycles. The second kappa shape index (κ2) is 4.95. The molecule has 1 unspecified atom stereocenters. The molecule has 0 bridgehead atoms. The van der Waals surface area contributed by atoms with Crippen molar-refractivity contribution in [1.82, 2.24) is 10.2 Å². The van der Waals surface area contributed by atoms with Gasteiger partial charge in [0.1, 0.15) is 6.04 Å². The number of rotatable bonds is 1. The van der Waals surface area contributed by atoms with Crippen molar-refractivity contribution in [2.45, 2.75) is 13.0 Å². The third kappa shape index (κ3) is 2.53. The maximum atomic E-state index is 12.0. The minimum atomic E-state index is -0.451. The molecule has 1 heterocycles. The predicted octanol–water partition coefficient (Wildman–Crippen LogP) is 0.621. The highest BCUT2D eigenvalue weighted by atomic mass is 16.2. The summed E-state index contributed by atoms with van der Waals surface area (Å²) in [6.07, 6.45) is 0. The number of nitrogens with two attached hydrogens (primary N) is 1. The molecule has 0 aromatic heterocycles. The van der Waals surface area contributed by atoms with Crippen molar-refractivity contribution < 1.29 is 9.59 Å². The van der Waals surface area contributed by atoms with Crippen LogP contribution >= 0.6 is 0 Å². The van der Waals surface area contributed by atoms with Gasteiger partial charge in [-0.1, -0.05) is 0 Å². The smallest absolute Gasteiger partial charge is 0.322 e. The highest BCUT2D eigenvalue weighted by Crippen LogP contribution is 2.13. The highest BCUT2D eigenvalue weighted by Gasteiger charge is 2.29. The molecule has 2 rings (SSSR count). The molecule has 1 atom stereocenters. The van der Waals surface area contributed by atoms with E-state index in [9.17, 15) is 9.59 Å². The van der Waals surface area contributed by atoms with Gasteiger partial charge in [0.2, 0.25) is 5.91 Å². The lowest BCUT2D eigenvalue weighted by Gasteiger charge is -2.32. The molecule has 6 nitrogen and oxygen atoms in total. The number of amides is 3. The fraction of sp³-hybridized carbons (Fsp3) is 0.333. The maximum Gasteiger partial charge on any atom is 0.322 e. The number of piperazine rings is 1. The number of benzene rings is 1. The number of carbonyl (C=O) groups is 2. The third-order valence-corrected chi connectivity index (χ3v) is 2.92. The standard InChI is InChI=1S/C12H16N4O2/c1-8-11(17)14-6-7-16(8)12(18)15-10-4-2-9(13)3-5-10/h2-5,8H,6-7,13H2,1H3,(H,14,17)(H,15,18). The average molecular weight is 248 g/mol. The van der Waals surface area contributed by atoms with Crippen LogP contribution in [0.2, 0.25) is 0 Å². The molecule has 0 aliphatic carbocycles. The van der Waals surface area contributed by atoms with Gasteiger partial charge in [0.05, 0.1) is 0 Å². The topological polar surface area (TPSA) is 87.5 Å². The molecule has 4 N–H and O–H groups in total. The number of carbonyl (C=O) groups excluding carboxylic acids is 2. The molecular weight excluding hydrogens is 232 g/mol. The number of nitrogens with one attached hydrogen (secondary N) is 2. The van der Waals surface area contributed by atoms with Crippen molar-refractivity contribution in [3.05, 3.63) is 24.3 Å². The Kier molecular flexibility index (Phi) is 3.36. The Hall–Kier alpha value is -2.24. The molecule has 6 heteroatoms. The van der Waals surface area contributed by atoms with E-state index in [-0.39, 0.29) is 11.9 Å². The van der Waals surface area contributed by atoms with Gasteiger partial charge in [0.15, 0.2) is 0 Å². The van der Waals surface area contributed by atoms with Gasteiger partial charge < -0.3 is 21.3 Å². The predicted molar refractivity (Wildman–Crippen MR) is 69.1 cm³/mol. The number of nitrogen functional groups attached to an aromatic ring is 1. The van der Waals surface area contributed by atoms with Gasteiger partial charge in [-0.05, 0) is 31.2 Å². The molecular formula is C12H16N4O2. The summed E-state index contributed by atoms with van der Waals surface area (Å²) in [6.45, 7) is 2.70. The lowest BCUT2D eigenvalue weighted by Crippen LogP contribution is -2.56. The molecule has 1 aromatic rings. The molecule has 1 aliphatic rings. The summed E-state index contributed by atoms with van der Waals surface area (Å²) in [5.41, 5.74) is 6.86. The number of hydrogen-bond acceptors (Lipinski definition) is 3. The number of urea groups is 1. The first-order valence-electron chi connectivity index (χ1n) is 5.79. The van der Waals surface area contributed by atoms with E-state index in [1.807, 2.05) is 0 Å². The first-order valence-corrected chi connectivity index (χ1v) is 5.79. The molecule has 0 spiro atoms. The van der Waals surface area contributed by atoms with Crippen LogP contribution < -0.4 is 16.4 Å². The zero-order chi connectivity index (χ0) is 13.1. The van der Waals surface area contributed by atoms with Crippen LogP contribution in [0.15, 0.2) is 24.3 Å². The van der Waals surface area contributed by atoms with Crippen molar-refractivity contribution in [2.24, 2.45) is 0 Å². The molecule has 1 aliphatic heterocycles. The van der Waals surface area contributed by atoms with Crippen LogP contribution in [0.4, 0.5) is 16.2 Å². The van der Waals surface area contributed by atoms with E-state index in [0.29, 0.717) is 24.5 Å². The molecule has 1 fully saturated rings. The summed E-state index contributed by atoms with van der Waals surface area (Å²) in [7, 11) is 0. The fourth-order valence-corrected chi connectivity index (χ4v) is 1.82. The van der Waals surface area contributed by atoms with E-state index >= 15 is 0 Å². The van der Waals surface area contributed by atoms with E-state index in [1.165, 1.54) is 4.90 Å². The zero-order valence-corrected chi connectivity index (χ0v) is 10.1. The summed E-state index contributed by atoms with van der Waals surface area (Å²) in [5.74, 6) is -0.131. The van der Waals surface area contributed by atoms with Crippen LogP contribution in [0.25, 0.3) is 0 Å². The second-order valence-corrected chi connectivity index (χ2v) is 4.21. The molecule has 18 heavy (non-hydrogen) atoms. The number of anilines is 2. The Balaban J connectivity index is 2.03. The van der Waals surface area contributed by atoms with E-state index < -0.39 is 6.04 Å². The van der Waals surface area contributed by atoms with Crippen LogP contribution in [0.5, 0.6) is 0 Å². The highest BCUT2D eigenvalue weighted by molar-refractivity contribution is 5.94. The molecule has 0 radical (unpaired) electrons. The minimum Gasteiger partial charge on any atom is -0.399 e. The molecule has 1 aromatic carbocycles. The van der Waals surface area contributed by atoms with Gasteiger partial charge >= 0.3 is 6.03 Å². The van der Waals surface area contributed by atoms with Crippen LogP contribution in [-0.2, 0) is 4.79 Å². The Morgan fingerprint density at radius 3 is 2.78 bits per heavy atom. The Morgan fingerprint density at radius 2 is 2.11 bits per heavy atom. The number of hydrogen-bond donors (Lipinski definition) is 3. The van der Waals surface area contributed by atoms with Gasteiger partial charge in [-0.3, -0.25) is 4.79 Å². The minimum absolute atomic E-state index is 0.131. The largest absolute Gasteiger partial charge is 0.399 e. The summed E-state index contributed by atoms with van der Waals surface area (Å²) in [4.78, 5) is 25.0. The normalized spacial score (nSPS) is 19.3. The van der Waals surface area contributed by atoms with Gasteiger partial charge in [-0.25, -0.2) is 4.79 Å². The maximum absolute atomic E-state index is 12.0.